The summed E-state index contributed by atoms with van der Waals surface area (Å²) in [6, 6.07) is 8.13. The minimum absolute atomic E-state index is 0.161. The third kappa shape index (κ3) is 5.39. The molecule has 0 bridgehead atoms. The van der Waals surface area contributed by atoms with Gasteiger partial charge in [0.1, 0.15) is 5.75 Å². The number of benzene rings is 1. The minimum atomic E-state index is -0.161. The monoisotopic (exact) mass is 335 g/mol. The van der Waals surface area contributed by atoms with Gasteiger partial charge in [-0.25, -0.2) is 0 Å². The van der Waals surface area contributed by atoms with Crippen LogP contribution in [0.5, 0.6) is 5.75 Å². The molecule has 6 nitrogen and oxygen atoms in total. The molecule has 24 heavy (non-hydrogen) atoms. The molecule has 0 spiro atoms. The number of ether oxygens (including phenoxy) is 3. The van der Waals surface area contributed by atoms with Crippen molar-refractivity contribution in [1.29, 1.82) is 0 Å². The van der Waals surface area contributed by atoms with Gasteiger partial charge in [-0.3, -0.25) is 4.99 Å². The number of nitrogens with zero attached hydrogens (tertiary/aromatic N) is 1. The number of nitrogens with one attached hydrogen (secondary N) is 2. The zero-order chi connectivity index (χ0) is 17.3. The summed E-state index contributed by atoms with van der Waals surface area (Å²) in [5.74, 6) is 1.68. The molecule has 0 saturated carbocycles. The Morgan fingerprint density at radius 1 is 1.17 bits per heavy atom. The Hall–Kier alpha value is -1.79. The average molecular weight is 335 g/mol. The van der Waals surface area contributed by atoms with E-state index in [1.807, 2.05) is 12.1 Å². The van der Waals surface area contributed by atoms with Crippen molar-refractivity contribution in [1.82, 2.24) is 10.6 Å². The van der Waals surface area contributed by atoms with E-state index in [4.69, 9.17) is 14.2 Å². The Bertz CT molecular complexity index is 511. The Labute approximate surface area is 144 Å². The van der Waals surface area contributed by atoms with E-state index < -0.39 is 0 Å². The SMILES string of the molecule is CN=C(NCCc1ccc(OC)cc1)NCC1(OC)CCOCC1. The van der Waals surface area contributed by atoms with Crippen LogP contribution in [0, 0.1) is 0 Å². The van der Waals surface area contributed by atoms with E-state index in [1.165, 1.54) is 5.56 Å². The maximum absolute atomic E-state index is 5.73. The topological polar surface area (TPSA) is 64.1 Å². The van der Waals surface area contributed by atoms with Crippen LogP contribution in [0.2, 0.25) is 0 Å². The van der Waals surface area contributed by atoms with Crippen molar-refractivity contribution in [2.45, 2.75) is 24.9 Å². The lowest BCUT2D eigenvalue weighted by Gasteiger charge is -2.36. The summed E-state index contributed by atoms with van der Waals surface area (Å²) in [7, 11) is 5.23. The standard InChI is InChI=1S/C18H29N3O3/c1-19-17(21-14-18(23-3)9-12-24-13-10-18)20-11-8-15-4-6-16(22-2)7-5-15/h4-7H,8-14H2,1-3H3,(H2,19,20,21). The van der Waals surface area contributed by atoms with Gasteiger partial charge in [-0.2, -0.15) is 0 Å². The molecule has 0 aromatic heterocycles. The molecular formula is C18H29N3O3. The third-order valence-electron chi connectivity index (χ3n) is 4.50. The highest BCUT2D eigenvalue weighted by molar-refractivity contribution is 5.79. The van der Waals surface area contributed by atoms with Gasteiger partial charge >= 0.3 is 0 Å². The quantitative estimate of drug-likeness (QED) is 0.585. The molecule has 1 aliphatic rings. The summed E-state index contributed by atoms with van der Waals surface area (Å²) >= 11 is 0. The first-order valence-electron chi connectivity index (χ1n) is 8.42. The van der Waals surface area contributed by atoms with Crippen molar-refractivity contribution in [3.05, 3.63) is 29.8 Å². The summed E-state index contributed by atoms with van der Waals surface area (Å²) < 4.78 is 16.3. The lowest BCUT2D eigenvalue weighted by Crippen LogP contribution is -2.51. The second-order valence-electron chi connectivity index (χ2n) is 5.95. The van der Waals surface area contributed by atoms with Gasteiger partial charge in [-0.1, -0.05) is 12.1 Å². The fourth-order valence-electron chi connectivity index (χ4n) is 2.78. The maximum Gasteiger partial charge on any atom is 0.191 e. The first kappa shape index (κ1) is 18.5. The van der Waals surface area contributed by atoms with Gasteiger partial charge in [0, 0.05) is 53.3 Å². The smallest absolute Gasteiger partial charge is 0.191 e. The Kier molecular flexibility index (Phi) is 7.34. The van der Waals surface area contributed by atoms with E-state index in [0.29, 0.717) is 0 Å². The number of hydrogen-bond donors (Lipinski definition) is 2. The van der Waals surface area contributed by atoms with Crippen molar-refractivity contribution in [3.8, 4) is 5.75 Å². The first-order chi connectivity index (χ1) is 11.7. The van der Waals surface area contributed by atoms with E-state index in [-0.39, 0.29) is 5.60 Å². The molecule has 0 radical (unpaired) electrons. The van der Waals surface area contributed by atoms with Crippen molar-refractivity contribution < 1.29 is 14.2 Å². The summed E-state index contributed by atoms with van der Waals surface area (Å²) in [5, 5.41) is 6.72. The Balaban J connectivity index is 1.75. The third-order valence-corrected chi connectivity index (χ3v) is 4.50. The van der Waals surface area contributed by atoms with Crippen LogP contribution in [-0.4, -0.2) is 59.1 Å². The van der Waals surface area contributed by atoms with Crippen LogP contribution in [0.4, 0.5) is 0 Å². The van der Waals surface area contributed by atoms with Gasteiger partial charge in [0.05, 0.1) is 12.7 Å². The van der Waals surface area contributed by atoms with Crippen LogP contribution in [0.15, 0.2) is 29.3 Å². The maximum atomic E-state index is 5.73. The summed E-state index contributed by atoms with van der Waals surface area (Å²) in [5.41, 5.74) is 1.10. The summed E-state index contributed by atoms with van der Waals surface area (Å²) in [6.45, 7) is 3.04. The predicted molar refractivity (Wildman–Crippen MR) is 95.9 cm³/mol. The molecule has 134 valence electrons. The molecule has 1 aromatic rings. The largest absolute Gasteiger partial charge is 0.497 e. The molecule has 1 heterocycles. The van der Waals surface area contributed by atoms with Crippen LogP contribution in [0.1, 0.15) is 18.4 Å². The molecule has 1 saturated heterocycles. The molecule has 2 rings (SSSR count). The number of aliphatic imine (C=N–C) groups is 1. The highest BCUT2D eigenvalue weighted by Crippen LogP contribution is 2.23. The molecular weight excluding hydrogens is 306 g/mol. The van der Waals surface area contributed by atoms with E-state index in [2.05, 4.69) is 27.8 Å². The first-order valence-corrected chi connectivity index (χ1v) is 8.42. The lowest BCUT2D eigenvalue weighted by atomic mass is 9.94. The summed E-state index contributed by atoms with van der Waals surface area (Å²) in [6.07, 6.45) is 2.73. The molecule has 0 aliphatic carbocycles. The highest BCUT2D eigenvalue weighted by atomic mass is 16.5. The van der Waals surface area contributed by atoms with Crippen LogP contribution < -0.4 is 15.4 Å². The van der Waals surface area contributed by atoms with Gasteiger partial charge in [0.2, 0.25) is 0 Å². The predicted octanol–water partition coefficient (Wildman–Crippen LogP) is 1.60. The molecule has 0 atom stereocenters. The number of hydrogen-bond acceptors (Lipinski definition) is 4. The van der Waals surface area contributed by atoms with Gasteiger partial charge in [0.25, 0.3) is 0 Å². The van der Waals surface area contributed by atoms with Crippen molar-refractivity contribution in [2.24, 2.45) is 4.99 Å². The van der Waals surface area contributed by atoms with E-state index in [9.17, 15) is 0 Å². The second kappa shape index (κ2) is 9.49. The second-order valence-corrected chi connectivity index (χ2v) is 5.95. The van der Waals surface area contributed by atoms with Crippen LogP contribution >= 0.6 is 0 Å². The molecule has 0 amide bonds. The molecule has 1 fully saturated rings. The van der Waals surface area contributed by atoms with E-state index >= 15 is 0 Å². The number of guanidine groups is 1. The van der Waals surface area contributed by atoms with Gasteiger partial charge in [-0.15, -0.1) is 0 Å². The van der Waals surface area contributed by atoms with Gasteiger partial charge in [-0.05, 0) is 24.1 Å². The Morgan fingerprint density at radius 3 is 2.46 bits per heavy atom. The fraction of sp³-hybridized carbons (Fsp3) is 0.611. The van der Waals surface area contributed by atoms with Gasteiger partial charge < -0.3 is 24.8 Å². The molecule has 6 heteroatoms. The van der Waals surface area contributed by atoms with E-state index in [0.717, 1.165) is 57.3 Å². The summed E-state index contributed by atoms with van der Waals surface area (Å²) in [4.78, 5) is 4.28. The van der Waals surface area contributed by atoms with Crippen molar-refractivity contribution in [3.63, 3.8) is 0 Å². The highest BCUT2D eigenvalue weighted by Gasteiger charge is 2.32. The van der Waals surface area contributed by atoms with Crippen LogP contribution in [0.25, 0.3) is 0 Å². The van der Waals surface area contributed by atoms with E-state index in [1.54, 1.807) is 21.3 Å². The van der Waals surface area contributed by atoms with Crippen molar-refractivity contribution in [2.75, 3.05) is 47.6 Å². The fourth-order valence-corrected chi connectivity index (χ4v) is 2.78. The zero-order valence-corrected chi connectivity index (χ0v) is 14.9. The van der Waals surface area contributed by atoms with Gasteiger partial charge in [0.15, 0.2) is 5.96 Å². The molecule has 1 aromatic carbocycles. The molecule has 0 unspecified atom stereocenters. The Morgan fingerprint density at radius 2 is 1.88 bits per heavy atom. The number of rotatable bonds is 7. The number of methoxy groups -OCH3 is 2. The molecule has 2 N–H and O–H groups in total. The van der Waals surface area contributed by atoms with Crippen LogP contribution in [0.3, 0.4) is 0 Å². The van der Waals surface area contributed by atoms with Crippen LogP contribution in [-0.2, 0) is 15.9 Å². The van der Waals surface area contributed by atoms with Crippen molar-refractivity contribution >= 4 is 5.96 Å². The minimum Gasteiger partial charge on any atom is -0.497 e. The lowest BCUT2D eigenvalue weighted by molar-refractivity contribution is -0.0855. The molecule has 1 aliphatic heterocycles. The average Bonchev–Trinajstić information content (AvgIpc) is 2.65. The normalized spacial score (nSPS) is 17.4. The zero-order valence-electron chi connectivity index (χ0n) is 14.9.